The molecule has 1 N–H and O–H groups in total. The summed E-state index contributed by atoms with van der Waals surface area (Å²) in [5.74, 6) is 0. The van der Waals surface area contributed by atoms with Gasteiger partial charge in [0.05, 0.1) is 0 Å². The molecule has 4 heteroatoms. The van der Waals surface area contributed by atoms with Crippen LogP contribution in [0, 0.1) is 0 Å². The normalized spacial score (nSPS) is 20.4. The highest BCUT2D eigenvalue weighted by Gasteiger charge is 2.35. The summed E-state index contributed by atoms with van der Waals surface area (Å²) in [5.41, 5.74) is 1.46. The van der Waals surface area contributed by atoms with E-state index >= 15 is 0 Å². The highest BCUT2D eigenvalue weighted by molar-refractivity contribution is 14.1. The molecule has 17 heavy (non-hydrogen) atoms. The lowest BCUT2D eigenvalue weighted by Crippen LogP contribution is -2.39. The number of hydrogen-bond donors (Lipinski definition) is 1. The van der Waals surface area contributed by atoms with Crippen LogP contribution in [0.2, 0.25) is 5.02 Å². The Labute approximate surface area is 121 Å². The molecule has 0 radical (unpaired) electrons. The van der Waals surface area contributed by atoms with Crippen molar-refractivity contribution >= 4 is 34.5 Å². The standard InChI is InChI=1S/C13H17ClINO/c14-12-3-1-11(2-4-12)13(7-10-17)5-8-16(15)9-6-13/h1-4,17H,5-10H2. The second kappa shape index (κ2) is 5.87. The van der Waals surface area contributed by atoms with E-state index in [1.54, 1.807) is 0 Å². The van der Waals surface area contributed by atoms with Gasteiger partial charge in [0.25, 0.3) is 0 Å². The largest absolute Gasteiger partial charge is 0.396 e. The van der Waals surface area contributed by atoms with E-state index < -0.39 is 0 Å². The minimum Gasteiger partial charge on any atom is -0.396 e. The molecule has 2 rings (SSSR count). The zero-order valence-electron chi connectivity index (χ0n) is 9.70. The van der Waals surface area contributed by atoms with Gasteiger partial charge in [-0.05, 0) is 42.4 Å². The minimum atomic E-state index is 0.140. The van der Waals surface area contributed by atoms with E-state index in [2.05, 4.69) is 38.1 Å². The van der Waals surface area contributed by atoms with E-state index in [4.69, 9.17) is 11.6 Å². The van der Waals surface area contributed by atoms with E-state index in [1.165, 1.54) is 5.56 Å². The van der Waals surface area contributed by atoms with Crippen molar-refractivity contribution in [2.45, 2.75) is 24.7 Å². The van der Waals surface area contributed by atoms with Crippen molar-refractivity contribution in [3.63, 3.8) is 0 Å². The summed E-state index contributed by atoms with van der Waals surface area (Å²) in [5, 5.41) is 10.1. The third-order valence-electron chi connectivity index (χ3n) is 3.71. The fourth-order valence-corrected chi connectivity index (χ4v) is 3.22. The molecule has 0 aromatic heterocycles. The molecule has 1 aliphatic rings. The van der Waals surface area contributed by atoms with Gasteiger partial charge < -0.3 is 5.11 Å². The average molecular weight is 366 g/mol. The molecule has 2 nitrogen and oxygen atoms in total. The molecule has 1 saturated heterocycles. The molecule has 1 aromatic rings. The fourth-order valence-electron chi connectivity index (χ4n) is 2.61. The van der Waals surface area contributed by atoms with Crippen LogP contribution in [-0.4, -0.2) is 27.9 Å². The molecule has 1 fully saturated rings. The van der Waals surface area contributed by atoms with Crippen molar-refractivity contribution in [2.24, 2.45) is 0 Å². The highest BCUT2D eigenvalue weighted by Crippen LogP contribution is 2.39. The molecule has 0 amide bonds. The molecule has 1 heterocycles. The van der Waals surface area contributed by atoms with Crippen LogP contribution in [0.15, 0.2) is 24.3 Å². The molecule has 0 bridgehead atoms. The van der Waals surface area contributed by atoms with E-state index in [0.717, 1.165) is 37.4 Å². The van der Waals surface area contributed by atoms with Gasteiger partial charge in [0.1, 0.15) is 0 Å². The van der Waals surface area contributed by atoms with E-state index in [-0.39, 0.29) is 12.0 Å². The predicted molar refractivity (Wildman–Crippen MR) is 79.7 cm³/mol. The van der Waals surface area contributed by atoms with Crippen molar-refractivity contribution in [3.8, 4) is 0 Å². The summed E-state index contributed by atoms with van der Waals surface area (Å²) in [6, 6.07) is 8.13. The number of benzene rings is 1. The van der Waals surface area contributed by atoms with Gasteiger partial charge in [0.2, 0.25) is 0 Å². The monoisotopic (exact) mass is 365 g/mol. The summed E-state index contributed by atoms with van der Waals surface area (Å²) in [7, 11) is 0. The Morgan fingerprint density at radius 2 is 1.82 bits per heavy atom. The van der Waals surface area contributed by atoms with Crippen LogP contribution in [-0.2, 0) is 5.41 Å². The van der Waals surface area contributed by atoms with E-state index in [1.807, 2.05) is 12.1 Å². The lowest BCUT2D eigenvalue weighted by Gasteiger charge is -2.40. The first-order valence-electron chi connectivity index (χ1n) is 5.94. The number of aliphatic hydroxyl groups excluding tert-OH is 1. The number of aliphatic hydroxyl groups is 1. The minimum absolute atomic E-state index is 0.140. The van der Waals surface area contributed by atoms with E-state index in [0.29, 0.717) is 0 Å². The molecule has 0 spiro atoms. The molecule has 1 aliphatic heterocycles. The second-order valence-corrected chi connectivity index (χ2v) is 6.47. The molecular formula is C13H17ClINO. The first kappa shape index (κ1) is 13.6. The van der Waals surface area contributed by atoms with Gasteiger partial charge in [-0.15, -0.1) is 0 Å². The second-order valence-electron chi connectivity index (χ2n) is 4.67. The Morgan fingerprint density at radius 3 is 2.35 bits per heavy atom. The van der Waals surface area contributed by atoms with Gasteiger partial charge in [-0.3, -0.25) is 0 Å². The topological polar surface area (TPSA) is 23.5 Å². The van der Waals surface area contributed by atoms with Gasteiger partial charge in [-0.2, -0.15) is 0 Å². The maximum atomic E-state index is 9.32. The molecule has 0 saturated carbocycles. The molecule has 1 aromatic carbocycles. The molecule has 0 unspecified atom stereocenters. The quantitative estimate of drug-likeness (QED) is 0.655. The summed E-state index contributed by atoms with van der Waals surface area (Å²) < 4.78 is 2.32. The van der Waals surface area contributed by atoms with Crippen LogP contribution < -0.4 is 0 Å². The van der Waals surface area contributed by atoms with Crippen molar-refractivity contribution in [1.29, 1.82) is 0 Å². The number of nitrogens with zero attached hydrogens (tertiary/aromatic N) is 1. The van der Waals surface area contributed by atoms with Crippen LogP contribution in [0.4, 0.5) is 0 Å². The summed E-state index contributed by atoms with van der Waals surface area (Å²) in [4.78, 5) is 0. The summed E-state index contributed by atoms with van der Waals surface area (Å²) in [6.07, 6.45) is 3.06. The Morgan fingerprint density at radius 1 is 1.24 bits per heavy atom. The van der Waals surface area contributed by atoms with Crippen LogP contribution in [0.25, 0.3) is 0 Å². The van der Waals surface area contributed by atoms with Crippen molar-refractivity contribution in [3.05, 3.63) is 34.9 Å². The maximum Gasteiger partial charge on any atom is 0.0439 e. The van der Waals surface area contributed by atoms with Gasteiger partial charge in [-0.1, -0.05) is 23.7 Å². The summed E-state index contributed by atoms with van der Waals surface area (Å²) in [6.45, 7) is 2.43. The SMILES string of the molecule is OCCC1(c2ccc(Cl)cc2)CCN(I)CC1. The lowest BCUT2D eigenvalue weighted by atomic mass is 9.71. The Balaban J connectivity index is 2.24. The van der Waals surface area contributed by atoms with Crippen molar-refractivity contribution in [1.82, 2.24) is 3.11 Å². The first-order chi connectivity index (χ1) is 8.16. The Hall–Kier alpha value is 0.160. The van der Waals surface area contributed by atoms with Gasteiger partial charge >= 0.3 is 0 Å². The van der Waals surface area contributed by atoms with E-state index in [9.17, 15) is 5.11 Å². The lowest BCUT2D eigenvalue weighted by molar-refractivity contribution is 0.185. The highest BCUT2D eigenvalue weighted by atomic mass is 127. The van der Waals surface area contributed by atoms with Crippen molar-refractivity contribution in [2.75, 3.05) is 19.7 Å². The van der Waals surface area contributed by atoms with Gasteiger partial charge in [-0.25, -0.2) is 3.11 Å². The average Bonchev–Trinajstić information content (AvgIpc) is 2.34. The zero-order valence-corrected chi connectivity index (χ0v) is 12.6. The molecule has 0 aliphatic carbocycles. The molecule has 94 valence electrons. The van der Waals surface area contributed by atoms with Crippen molar-refractivity contribution < 1.29 is 5.11 Å². The Kier molecular flexibility index (Phi) is 4.69. The number of rotatable bonds is 3. The maximum absolute atomic E-state index is 9.32. The van der Waals surface area contributed by atoms with Crippen LogP contribution in [0.5, 0.6) is 0 Å². The molecule has 0 atom stereocenters. The number of halogens is 2. The first-order valence-corrected chi connectivity index (χ1v) is 7.28. The summed E-state index contributed by atoms with van der Waals surface area (Å²) >= 11 is 8.31. The third kappa shape index (κ3) is 3.13. The smallest absolute Gasteiger partial charge is 0.0439 e. The Bertz CT molecular complexity index is 360. The number of piperidine rings is 1. The van der Waals surface area contributed by atoms with Gasteiger partial charge in [0, 0.05) is 47.6 Å². The number of hydrogen-bond acceptors (Lipinski definition) is 2. The van der Waals surface area contributed by atoms with Gasteiger partial charge in [0.15, 0.2) is 0 Å². The zero-order chi connectivity index (χ0) is 12.3. The predicted octanol–water partition coefficient (Wildman–Crippen LogP) is 3.41. The van der Waals surface area contributed by atoms with Crippen LogP contribution in [0.1, 0.15) is 24.8 Å². The third-order valence-corrected chi connectivity index (χ3v) is 4.93. The molecular weight excluding hydrogens is 349 g/mol. The fraction of sp³-hybridized carbons (Fsp3) is 0.538. The van der Waals surface area contributed by atoms with Crippen LogP contribution >= 0.6 is 34.5 Å². The van der Waals surface area contributed by atoms with Crippen LogP contribution in [0.3, 0.4) is 0 Å².